The van der Waals surface area contributed by atoms with E-state index >= 15 is 0 Å². The molecule has 0 atom stereocenters. The third-order valence-corrected chi connectivity index (χ3v) is 5.61. The van der Waals surface area contributed by atoms with Crippen LogP contribution >= 0.6 is 26.6 Å². The van der Waals surface area contributed by atoms with Gasteiger partial charge in [0.1, 0.15) is 0 Å². The van der Waals surface area contributed by atoms with E-state index in [0.29, 0.717) is 15.6 Å². The second-order valence-corrected chi connectivity index (χ2v) is 8.83. The molecule has 1 N–H and O–H groups in total. The Morgan fingerprint density at radius 3 is 2.45 bits per heavy atom. The molecule has 1 aromatic carbocycles. The standard InChI is InChI=1S/C13H15BrClNO3S/c1-8-10(12(17)16-13(2)4-3-5-13)6-9(14)7-11(8)20(15,18)19/h6-7H,3-5H2,1-2H3,(H,16,17). The normalized spacial score (nSPS) is 17.4. The molecule has 1 aliphatic carbocycles. The molecule has 0 unspecified atom stereocenters. The summed E-state index contributed by atoms with van der Waals surface area (Å²) in [7, 11) is 1.52. The van der Waals surface area contributed by atoms with Gasteiger partial charge in [0.2, 0.25) is 0 Å². The molecule has 110 valence electrons. The van der Waals surface area contributed by atoms with Crippen molar-refractivity contribution in [2.75, 3.05) is 0 Å². The van der Waals surface area contributed by atoms with Crippen LogP contribution in [0, 0.1) is 6.92 Å². The van der Waals surface area contributed by atoms with Crippen LogP contribution in [-0.4, -0.2) is 19.9 Å². The summed E-state index contributed by atoms with van der Waals surface area (Å²) in [5.74, 6) is -0.271. The predicted octanol–water partition coefficient (Wildman–Crippen LogP) is 3.36. The topological polar surface area (TPSA) is 63.2 Å². The van der Waals surface area contributed by atoms with Crippen LogP contribution in [0.2, 0.25) is 0 Å². The minimum absolute atomic E-state index is 0.0440. The lowest BCUT2D eigenvalue weighted by atomic mass is 9.78. The minimum Gasteiger partial charge on any atom is -0.347 e. The van der Waals surface area contributed by atoms with Crippen LogP contribution < -0.4 is 5.32 Å². The van der Waals surface area contributed by atoms with Crippen LogP contribution in [0.3, 0.4) is 0 Å². The number of halogens is 2. The zero-order valence-corrected chi connectivity index (χ0v) is 14.3. The summed E-state index contributed by atoms with van der Waals surface area (Å²) in [6.07, 6.45) is 2.97. The van der Waals surface area contributed by atoms with E-state index in [1.54, 1.807) is 13.0 Å². The molecule has 20 heavy (non-hydrogen) atoms. The van der Waals surface area contributed by atoms with Crippen molar-refractivity contribution < 1.29 is 13.2 Å². The quantitative estimate of drug-likeness (QED) is 0.818. The fraction of sp³-hybridized carbons (Fsp3) is 0.462. The number of carbonyl (C=O) groups is 1. The molecule has 0 aromatic heterocycles. The first-order chi connectivity index (χ1) is 9.12. The van der Waals surface area contributed by atoms with Gasteiger partial charge in [-0.05, 0) is 50.8 Å². The second kappa shape index (κ2) is 5.31. The Labute approximate surface area is 131 Å². The number of carbonyl (C=O) groups excluding carboxylic acids is 1. The van der Waals surface area contributed by atoms with Gasteiger partial charge < -0.3 is 5.32 Å². The van der Waals surface area contributed by atoms with E-state index in [9.17, 15) is 13.2 Å². The van der Waals surface area contributed by atoms with Crippen molar-refractivity contribution in [1.29, 1.82) is 0 Å². The molecule has 2 rings (SSSR count). The lowest BCUT2D eigenvalue weighted by molar-refractivity contribution is 0.0849. The highest BCUT2D eigenvalue weighted by atomic mass is 79.9. The number of rotatable bonds is 3. The van der Waals surface area contributed by atoms with Crippen molar-refractivity contribution in [2.45, 2.75) is 43.5 Å². The Kier molecular flexibility index (Phi) is 4.19. The molecule has 0 aliphatic heterocycles. The first-order valence-electron chi connectivity index (χ1n) is 6.20. The smallest absolute Gasteiger partial charge is 0.261 e. The van der Waals surface area contributed by atoms with E-state index in [4.69, 9.17) is 10.7 Å². The molecule has 0 heterocycles. The lowest BCUT2D eigenvalue weighted by Crippen LogP contribution is -2.51. The summed E-state index contributed by atoms with van der Waals surface area (Å²) in [4.78, 5) is 12.3. The fourth-order valence-corrected chi connectivity index (χ4v) is 4.15. The molecule has 1 fully saturated rings. The maximum Gasteiger partial charge on any atom is 0.261 e. The van der Waals surface area contributed by atoms with Gasteiger partial charge in [-0.2, -0.15) is 0 Å². The van der Waals surface area contributed by atoms with E-state index in [-0.39, 0.29) is 16.3 Å². The van der Waals surface area contributed by atoms with Gasteiger partial charge >= 0.3 is 0 Å². The van der Waals surface area contributed by atoms with E-state index in [2.05, 4.69) is 21.2 Å². The summed E-state index contributed by atoms with van der Waals surface area (Å²) in [6.45, 7) is 3.57. The molecule has 0 saturated heterocycles. The predicted molar refractivity (Wildman–Crippen MR) is 81.6 cm³/mol. The largest absolute Gasteiger partial charge is 0.347 e. The number of hydrogen-bond acceptors (Lipinski definition) is 3. The molecule has 1 amide bonds. The SMILES string of the molecule is Cc1c(C(=O)NC2(C)CCC2)cc(Br)cc1S(=O)(=O)Cl. The van der Waals surface area contributed by atoms with Gasteiger partial charge in [0.05, 0.1) is 4.90 Å². The molecule has 1 saturated carbocycles. The summed E-state index contributed by atoms with van der Waals surface area (Å²) in [6, 6.07) is 3.01. The van der Waals surface area contributed by atoms with Crippen LogP contribution in [0.1, 0.15) is 42.1 Å². The Bertz CT molecular complexity index is 668. The van der Waals surface area contributed by atoms with Crippen molar-refractivity contribution in [2.24, 2.45) is 0 Å². The molecule has 1 aromatic rings. The Hall–Kier alpha value is -0.590. The maximum absolute atomic E-state index is 12.3. The van der Waals surface area contributed by atoms with Gasteiger partial charge in [0, 0.05) is 26.3 Å². The van der Waals surface area contributed by atoms with E-state index in [1.807, 2.05) is 6.92 Å². The van der Waals surface area contributed by atoms with Crippen LogP contribution in [0.15, 0.2) is 21.5 Å². The molecule has 1 aliphatic rings. The van der Waals surface area contributed by atoms with Gasteiger partial charge in [0.25, 0.3) is 15.0 Å². The molecular formula is C13H15BrClNO3S. The lowest BCUT2D eigenvalue weighted by Gasteiger charge is -2.39. The number of hydrogen-bond donors (Lipinski definition) is 1. The number of benzene rings is 1. The van der Waals surface area contributed by atoms with Crippen molar-refractivity contribution in [3.05, 3.63) is 27.7 Å². The highest BCUT2D eigenvalue weighted by Gasteiger charge is 2.34. The molecule has 7 heteroatoms. The number of amides is 1. The van der Waals surface area contributed by atoms with Gasteiger partial charge in [-0.1, -0.05) is 15.9 Å². The van der Waals surface area contributed by atoms with Crippen molar-refractivity contribution in [3.63, 3.8) is 0 Å². The zero-order chi connectivity index (χ0) is 15.1. The number of nitrogens with one attached hydrogen (secondary N) is 1. The average molecular weight is 381 g/mol. The Morgan fingerprint density at radius 2 is 2.00 bits per heavy atom. The van der Waals surface area contributed by atoms with Crippen molar-refractivity contribution >= 4 is 41.6 Å². The second-order valence-electron chi connectivity index (χ2n) is 5.38. The fourth-order valence-electron chi connectivity index (χ4n) is 2.32. The van der Waals surface area contributed by atoms with Crippen molar-refractivity contribution in [1.82, 2.24) is 5.32 Å². The third-order valence-electron chi connectivity index (χ3n) is 3.70. The molecular weight excluding hydrogens is 366 g/mol. The molecule has 0 spiro atoms. The first-order valence-corrected chi connectivity index (χ1v) is 9.30. The highest BCUT2D eigenvalue weighted by Crippen LogP contribution is 2.32. The van der Waals surface area contributed by atoms with Crippen LogP contribution in [0.5, 0.6) is 0 Å². The minimum atomic E-state index is -3.89. The Balaban J connectivity index is 2.41. The van der Waals surface area contributed by atoms with Gasteiger partial charge in [-0.15, -0.1) is 0 Å². The van der Waals surface area contributed by atoms with E-state index in [1.165, 1.54) is 6.07 Å². The molecule has 0 radical (unpaired) electrons. The summed E-state index contributed by atoms with van der Waals surface area (Å²) in [5.41, 5.74) is 0.501. The summed E-state index contributed by atoms with van der Waals surface area (Å²) in [5, 5.41) is 2.96. The molecule has 0 bridgehead atoms. The molecule has 4 nitrogen and oxygen atoms in total. The van der Waals surface area contributed by atoms with Crippen molar-refractivity contribution in [3.8, 4) is 0 Å². The summed E-state index contributed by atoms with van der Waals surface area (Å²) >= 11 is 3.22. The first kappa shape index (κ1) is 15.8. The van der Waals surface area contributed by atoms with Crippen LogP contribution in [0.25, 0.3) is 0 Å². The van der Waals surface area contributed by atoms with Gasteiger partial charge in [-0.25, -0.2) is 8.42 Å². The zero-order valence-electron chi connectivity index (χ0n) is 11.2. The highest BCUT2D eigenvalue weighted by molar-refractivity contribution is 9.10. The third kappa shape index (κ3) is 3.18. The maximum atomic E-state index is 12.3. The van der Waals surface area contributed by atoms with Crippen LogP contribution in [-0.2, 0) is 9.05 Å². The average Bonchev–Trinajstić information content (AvgIpc) is 2.28. The van der Waals surface area contributed by atoms with E-state index in [0.717, 1.165) is 19.3 Å². The van der Waals surface area contributed by atoms with Gasteiger partial charge in [-0.3, -0.25) is 4.79 Å². The summed E-state index contributed by atoms with van der Waals surface area (Å²) < 4.78 is 23.6. The Morgan fingerprint density at radius 1 is 1.40 bits per heavy atom. The monoisotopic (exact) mass is 379 g/mol. The van der Waals surface area contributed by atoms with Crippen LogP contribution in [0.4, 0.5) is 0 Å². The van der Waals surface area contributed by atoms with Gasteiger partial charge in [0.15, 0.2) is 0 Å². The van der Waals surface area contributed by atoms with E-state index < -0.39 is 9.05 Å².